The van der Waals surface area contributed by atoms with Crippen LogP contribution >= 0.6 is 36.4 Å². The summed E-state index contributed by atoms with van der Waals surface area (Å²) in [7, 11) is 0. The van der Waals surface area contributed by atoms with Crippen molar-refractivity contribution in [1.82, 2.24) is 35.3 Å². The van der Waals surface area contributed by atoms with Gasteiger partial charge in [-0.2, -0.15) is 4.80 Å². The maximum absolute atomic E-state index is 12.7. The van der Waals surface area contributed by atoms with Gasteiger partial charge >= 0.3 is 0 Å². The van der Waals surface area contributed by atoms with E-state index >= 15 is 0 Å². The van der Waals surface area contributed by atoms with Crippen LogP contribution in [0.3, 0.4) is 0 Å². The number of carbonyl (C=O) groups excluding carboxylic acids is 1. The maximum atomic E-state index is 12.7. The summed E-state index contributed by atoms with van der Waals surface area (Å²) in [6.07, 6.45) is 5.92. The van der Waals surface area contributed by atoms with Crippen molar-refractivity contribution < 1.29 is 4.79 Å². The molecular formula is C21H30Cl3N7O. The van der Waals surface area contributed by atoms with Crippen LogP contribution in [-0.2, 0) is 11.3 Å². The summed E-state index contributed by atoms with van der Waals surface area (Å²) >= 11 is 6.18. The number of aromatic nitrogens is 4. The third-order valence-corrected chi connectivity index (χ3v) is 6.06. The predicted octanol–water partition coefficient (Wildman–Crippen LogP) is 2.44. The minimum atomic E-state index is 0. The van der Waals surface area contributed by atoms with Crippen molar-refractivity contribution in [2.75, 3.05) is 39.3 Å². The van der Waals surface area contributed by atoms with E-state index in [2.05, 4.69) is 25.6 Å². The Bertz CT molecular complexity index is 907. The summed E-state index contributed by atoms with van der Waals surface area (Å²) in [4.78, 5) is 18.7. The first-order valence-corrected chi connectivity index (χ1v) is 10.9. The molecule has 0 aliphatic carbocycles. The summed E-state index contributed by atoms with van der Waals surface area (Å²) in [5.41, 5.74) is 1.87. The summed E-state index contributed by atoms with van der Waals surface area (Å²) < 4.78 is 0. The molecule has 8 nitrogen and oxygen atoms in total. The lowest BCUT2D eigenvalue weighted by molar-refractivity contribution is -0.128. The Balaban J connectivity index is 0.00000181. The van der Waals surface area contributed by atoms with Crippen LogP contribution < -0.4 is 5.32 Å². The number of hydrogen-bond acceptors (Lipinski definition) is 6. The SMILES string of the molecule is Cc1nnn(Cc2cc(Cl)ccc2/C=C/C(=O)N2CCN(C3CCNCC3)CC2)n1.Cl.Cl. The number of piperidine rings is 1. The van der Waals surface area contributed by atoms with Gasteiger partial charge in [0.1, 0.15) is 0 Å². The lowest BCUT2D eigenvalue weighted by Gasteiger charge is -2.40. The summed E-state index contributed by atoms with van der Waals surface area (Å²) in [5.74, 6) is 0.670. The number of aryl methyl sites for hydroxylation is 1. The van der Waals surface area contributed by atoms with Crippen molar-refractivity contribution in [3.05, 3.63) is 46.2 Å². The molecule has 2 aromatic rings. The molecule has 0 bridgehead atoms. The van der Waals surface area contributed by atoms with E-state index < -0.39 is 0 Å². The predicted molar refractivity (Wildman–Crippen MR) is 131 cm³/mol. The molecule has 2 aliphatic rings. The fourth-order valence-corrected chi connectivity index (χ4v) is 4.36. The van der Waals surface area contributed by atoms with E-state index in [1.54, 1.807) is 13.0 Å². The highest BCUT2D eigenvalue weighted by atomic mass is 35.5. The maximum Gasteiger partial charge on any atom is 0.246 e. The van der Waals surface area contributed by atoms with Crippen molar-refractivity contribution in [2.24, 2.45) is 0 Å². The monoisotopic (exact) mass is 501 g/mol. The number of piperazine rings is 1. The van der Waals surface area contributed by atoms with Gasteiger partial charge in [-0.25, -0.2) is 0 Å². The van der Waals surface area contributed by atoms with Crippen LogP contribution in [0.25, 0.3) is 6.08 Å². The Kier molecular flexibility index (Phi) is 10.4. The molecule has 1 amide bonds. The first-order valence-electron chi connectivity index (χ1n) is 10.5. The second kappa shape index (κ2) is 12.5. The molecule has 32 heavy (non-hydrogen) atoms. The van der Waals surface area contributed by atoms with Crippen molar-refractivity contribution in [3.63, 3.8) is 0 Å². The van der Waals surface area contributed by atoms with E-state index in [1.807, 2.05) is 29.2 Å². The van der Waals surface area contributed by atoms with E-state index in [0.717, 1.165) is 50.4 Å². The molecule has 2 fully saturated rings. The molecule has 1 aromatic carbocycles. The molecule has 0 atom stereocenters. The van der Waals surface area contributed by atoms with Gasteiger partial charge in [-0.3, -0.25) is 9.69 Å². The quantitative estimate of drug-likeness (QED) is 0.633. The third-order valence-electron chi connectivity index (χ3n) is 5.83. The number of nitrogens with one attached hydrogen (secondary N) is 1. The molecular weight excluding hydrogens is 473 g/mol. The Morgan fingerprint density at radius 3 is 2.56 bits per heavy atom. The fourth-order valence-electron chi connectivity index (χ4n) is 4.16. The molecule has 0 radical (unpaired) electrons. The van der Waals surface area contributed by atoms with E-state index in [4.69, 9.17) is 11.6 Å². The Morgan fingerprint density at radius 1 is 1.19 bits per heavy atom. The molecule has 176 valence electrons. The standard InChI is InChI=1S/C21H28ClN7O.2ClH/c1-16-24-26-29(25-16)15-18-14-19(22)4-2-17(18)3-5-21(30)28-12-10-27(11-13-28)20-6-8-23-9-7-20;;/h2-5,14,20,23H,6-13,15H2,1H3;2*1H/b5-3+;;. The second-order valence-corrected chi connectivity index (χ2v) is 8.32. The van der Waals surface area contributed by atoms with Crippen LogP contribution in [0.2, 0.25) is 5.02 Å². The van der Waals surface area contributed by atoms with Crippen LogP contribution in [0, 0.1) is 6.92 Å². The van der Waals surface area contributed by atoms with Crippen LogP contribution in [0.4, 0.5) is 0 Å². The van der Waals surface area contributed by atoms with Gasteiger partial charge in [-0.05, 0) is 67.4 Å². The largest absolute Gasteiger partial charge is 0.337 e. The first-order chi connectivity index (χ1) is 14.6. The molecule has 4 rings (SSSR count). The number of benzene rings is 1. The summed E-state index contributed by atoms with van der Waals surface area (Å²) in [6.45, 7) is 7.91. The lowest BCUT2D eigenvalue weighted by atomic mass is 10.0. The van der Waals surface area contributed by atoms with Gasteiger partial charge in [0.15, 0.2) is 5.82 Å². The minimum absolute atomic E-state index is 0. The van der Waals surface area contributed by atoms with E-state index in [9.17, 15) is 4.79 Å². The molecule has 2 saturated heterocycles. The average molecular weight is 503 g/mol. The zero-order valence-electron chi connectivity index (χ0n) is 18.1. The average Bonchev–Trinajstić information content (AvgIpc) is 3.18. The number of halogens is 3. The van der Waals surface area contributed by atoms with Crippen molar-refractivity contribution >= 4 is 48.4 Å². The molecule has 1 aromatic heterocycles. The van der Waals surface area contributed by atoms with Crippen LogP contribution in [0.5, 0.6) is 0 Å². The van der Waals surface area contributed by atoms with Crippen molar-refractivity contribution in [1.29, 1.82) is 0 Å². The number of amides is 1. The molecule has 2 aliphatic heterocycles. The van der Waals surface area contributed by atoms with Crippen molar-refractivity contribution in [3.8, 4) is 0 Å². The van der Waals surface area contributed by atoms with Gasteiger partial charge in [-0.15, -0.1) is 35.0 Å². The molecule has 1 N–H and O–H groups in total. The summed E-state index contributed by atoms with van der Waals surface area (Å²) in [6, 6.07) is 6.28. The smallest absolute Gasteiger partial charge is 0.246 e. The number of hydrogen-bond donors (Lipinski definition) is 1. The van der Waals surface area contributed by atoms with Gasteiger partial charge in [0, 0.05) is 43.3 Å². The number of tetrazole rings is 1. The highest BCUT2D eigenvalue weighted by Crippen LogP contribution is 2.19. The van der Waals surface area contributed by atoms with Gasteiger partial charge in [0.05, 0.1) is 6.54 Å². The van der Waals surface area contributed by atoms with Crippen LogP contribution in [-0.4, -0.2) is 81.2 Å². The van der Waals surface area contributed by atoms with E-state index in [1.165, 1.54) is 17.6 Å². The Hall–Kier alpha value is -1.71. The number of carbonyl (C=O) groups is 1. The first kappa shape index (κ1) is 26.5. The molecule has 11 heteroatoms. The zero-order chi connectivity index (χ0) is 20.9. The zero-order valence-corrected chi connectivity index (χ0v) is 20.5. The molecule has 3 heterocycles. The van der Waals surface area contributed by atoms with Crippen molar-refractivity contribution in [2.45, 2.75) is 32.4 Å². The number of nitrogens with zero attached hydrogens (tertiary/aromatic N) is 6. The number of rotatable bonds is 5. The lowest BCUT2D eigenvalue weighted by Crippen LogP contribution is -2.53. The normalized spacial score (nSPS) is 17.8. The van der Waals surface area contributed by atoms with Crippen LogP contribution in [0.1, 0.15) is 29.8 Å². The highest BCUT2D eigenvalue weighted by Gasteiger charge is 2.26. The van der Waals surface area contributed by atoms with Gasteiger partial charge < -0.3 is 10.2 Å². The molecule has 0 saturated carbocycles. The topological polar surface area (TPSA) is 79.2 Å². The Labute approximate surface area is 206 Å². The Morgan fingerprint density at radius 2 is 1.91 bits per heavy atom. The molecule has 0 unspecified atom stereocenters. The minimum Gasteiger partial charge on any atom is -0.337 e. The van der Waals surface area contributed by atoms with Gasteiger partial charge in [-0.1, -0.05) is 17.7 Å². The van der Waals surface area contributed by atoms with E-state index in [0.29, 0.717) is 23.4 Å². The van der Waals surface area contributed by atoms with E-state index in [-0.39, 0.29) is 30.7 Å². The highest BCUT2D eigenvalue weighted by molar-refractivity contribution is 6.30. The molecule has 0 spiro atoms. The second-order valence-electron chi connectivity index (χ2n) is 7.89. The van der Waals surface area contributed by atoms with Gasteiger partial charge in [0.25, 0.3) is 0 Å². The van der Waals surface area contributed by atoms with Gasteiger partial charge in [0.2, 0.25) is 5.91 Å². The summed E-state index contributed by atoms with van der Waals surface area (Å²) in [5, 5.41) is 16.2. The third kappa shape index (κ3) is 6.89. The van der Waals surface area contributed by atoms with Crippen LogP contribution in [0.15, 0.2) is 24.3 Å². The fraction of sp³-hybridized carbons (Fsp3) is 0.524.